The van der Waals surface area contributed by atoms with Crippen LogP contribution in [0.25, 0.3) is 0 Å². The Bertz CT molecular complexity index is 859. The Balaban J connectivity index is 1.47. The Kier molecular flexibility index (Phi) is 8.01. The lowest BCUT2D eigenvalue weighted by molar-refractivity contribution is 0.182. The lowest BCUT2D eigenvalue weighted by Crippen LogP contribution is -2.34. The SMILES string of the molecule is c1cc(CN(CCN(Cc2ccncc2)Cc2ccncc2)Cc2ccncc2)ccn1. The van der Waals surface area contributed by atoms with E-state index in [1.807, 2.05) is 49.6 Å². The number of aromatic nitrogens is 4. The maximum atomic E-state index is 4.16. The molecule has 0 aliphatic heterocycles. The van der Waals surface area contributed by atoms with Crippen LogP contribution in [0.3, 0.4) is 0 Å². The van der Waals surface area contributed by atoms with E-state index in [9.17, 15) is 0 Å². The Labute approximate surface area is 189 Å². The van der Waals surface area contributed by atoms with E-state index >= 15 is 0 Å². The van der Waals surface area contributed by atoms with Crippen LogP contribution in [0.2, 0.25) is 0 Å². The fourth-order valence-corrected chi connectivity index (χ4v) is 3.70. The largest absolute Gasteiger partial charge is 0.294 e. The van der Waals surface area contributed by atoms with Crippen LogP contribution >= 0.6 is 0 Å². The topological polar surface area (TPSA) is 58.0 Å². The molecule has 4 aromatic heterocycles. The number of hydrogen-bond acceptors (Lipinski definition) is 6. The van der Waals surface area contributed by atoms with Gasteiger partial charge in [0.2, 0.25) is 0 Å². The zero-order chi connectivity index (χ0) is 21.8. The molecule has 0 saturated carbocycles. The quantitative estimate of drug-likeness (QED) is 0.363. The monoisotopic (exact) mass is 424 g/mol. The summed E-state index contributed by atoms with van der Waals surface area (Å²) >= 11 is 0. The maximum absolute atomic E-state index is 4.16. The summed E-state index contributed by atoms with van der Waals surface area (Å²) in [5, 5.41) is 0. The first-order chi connectivity index (χ1) is 15.8. The molecule has 0 saturated heterocycles. The highest BCUT2D eigenvalue weighted by Gasteiger charge is 2.12. The summed E-state index contributed by atoms with van der Waals surface area (Å²) in [6, 6.07) is 16.7. The predicted octanol–water partition coefficient (Wildman–Crippen LogP) is 3.97. The van der Waals surface area contributed by atoms with Crippen LogP contribution in [-0.2, 0) is 26.2 Å². The van der Waals surface area contributed by atoms with E-state index in [2.05, 4.69) is 78.3 Å². The van der Waals surface area contributed by atoms with Gasteiger partial charge in [-0.05, 0) is 70.8 Å². The molecule has 0 unspecified atom stereocenters. The molecular weight excluding hydrogens is 396 g/mol. The number of hydrogen-bond donors (Lipinski definition) is 0. The third kappa shape index (κ3) is 7.04. The molecule has 6 heteroatoms. The van der Waals surface area contributed by atoms with Crippen LogP contribution < -0.4 is 0 Å². The molecule has 0 N–H and O–H groups in total. The van der Waals surface area contributed by atoms with Crippen molar-refractivity contribution in [2.75, 3.05) is 13.1 Å². The van der Waals surface area contributed by atoms with Crippen molar-refractivity contribution in [3.8, 4) is 0 Å². The summed E-state index contributed by atoms with van der Waals surface area (Å²) in [6.07, 6.45) is 14.9. The van der Waals surface area contributed by atoms with Gasteiger partial charge in [0.25, 0.3) is 0 Å². The Morgan fingerprint density at radius 1 is 0.375 bits per heavy atom. The first kappa shape index (κ1) is 21.7. The molecule has 0 bridgehead atoms. The second-order valence-corrected chi connectivity index (χ2v) is 7.84. The molecule has 0 amide bonds. The summed E-state index contributed by atoms with van der Waals surface area (Å²) in [6.45, 7) is 5.40. The second kappa shape index (κ2) is 11.8. The normalized spacial score (nSPS) is 11.2. The van der Waals surface area contributed by atoms with Crippen molar-refractivity contribution >= 4 is 0 Å². The summed E-state index contributed by atoms with van der Waals surface area (Å²) in [5.41, 5.74) is 5.07. The minimum Gasteiger partial charge on any atom is -0.294 e. The summed E-state index contributed by atoms with van der Waals surface area (Å²) in [7, 11) is 0. The molecule has 0 fully saturated rings. The molecule has 4 aromatic rings. The average molecular weight is 425 g/mol. The fourth-order valence-electron chi connectivity index (χ4n) is 3.70. The number of pyridine rings is 4. The van der Waals surface area contributed by atoms with Crippen LogP contribution in [0.4, 0.5) is 0 Å². The minimum atomic E-state index is 0.878. The van der Waals surface area contributed by atoms with Crippen molar-refractivity contribution in [1.82, 2.24) is 29.7 Å². The molecule has 0 aliphatic carbocycles. The molecule has 0 aromatic carbocycles. The Morgan fingerprint density at radius 2 is 0.594 bits per heavy atom. The average Bonchev–Trinajstić information content (AvgIpc) is 2.85. The van der Waals surface area contributed by atoms with Crippen molar-refractivity contribution in [3.63, 3.8) is 0 Å². The van der Waals surface area contributed by atoms with Gasteiger partial charge < -0.3 is 0 Å². The molecular formula is C26H28N6. The Hall–Kier alpha value is -3.48. The fraction of sp³-hybridized carbons (Fsp3) is 0.231. The van der Waals surface area contributed by atoms with Crippen LogP contribution in [0, 0.1) is 0 Å². The van der Waals surface area contributed by atoms with Gasteiger partial charge in [0.05, 0.1) is 0 Å². The van der Waals surface area contributed by atoms with Gasteiger partial charge in [-0.1, -0.05) is 0 Å². The van der Waals surface area contributed by atoms with Crippen LogP contribution in [-0.4, -0.2) is 42.8 Å². The standard InChI is InChI=1S/C26H28N6/c1-9-27-10-2-23(1)19-31(20-24-3-11-28-12-4-24)17-18-32(21-25-5-13-29-14-6-25)22-26-7-15-30-16-8-26/h1-16H,17-22H2. The molecule has 0 spiro atoms. The van der Waals surface area contributed by atoms with Gasteiger partial charge in [-0.25, -0.2) is 0 Å². The van der Waals surface area contributed by atoms with Crippen molar-refractivity contribution in [2.45, 2.75) is 26.2 Å². The van der Waals surface area contributed by atoms with E-state index in [0.29, 0.717) is 0 Å². The number of rotatable bonds is 11. The van der Waals surface area contributed by atoms with Crippen LogP contribution in [0.15, 0.2) is 98.1 Å². The van der Waals surface area contributed by atoms with Gasteiger partial charge in [0, 0.05) is 88.8 Å². The van der Waals surface area contributed by atoms with E-state index in [-0.39, 0.29) is 0 Å². The van der Waals surface area contributed by atoms with Gasteiger partial charge in [-0.2, -0.15) is 0 Å². The highest BCUT2D eigenvalue weighted by molar-refractivity contribution is 5.14. The molecule has 4 heterocycles. The predicted molar refractivity (Wildman–Crippen MR) is 125 cm³/mol. The number of nitrogens with zero attached hydrogens (tertiary/aromatic N) is 6. The molecule has 4 rings (SSSR count). The first-order valence-corrected chi connectivity index (χ1v) is 10.9. The highest BCUT2D eigenvalue weighted by atomic mass is 15.2. The molecule has 162 valence electrons. The van der Waals surface area contributed by atoms with Crippen LogP contribution in [0.1, 0.15) is 22.3 Å². The van der Waals surface area contributed by atoms with E-state index in [4.69, 9.17) is 0 Å². The van der Waals surface area contributed by atoms with Gasteiger partial charge in [0.1, 0.15) is 0 Å². The van der Waals surface area contributed by atoms with Gasteiger partial charge >= 0.3 is 0 Å². The van der Waals surface area contributed by atoms with Gasteiger partial charge in [0.15, 0.2) is 0 Å². The molecule has 6 nitrogen and oxygen atoms in total. The van der Waals surface area contributed by atoms with E-state index in [1.54, 1.807) is 0 Å². The second-order valence-electron chi connectivity index (χ2n) is 7.84. The van der Waals surface area contributed by atoms with Crippen molar-refractivity contribution in [3.05, 3.63) is 120 Å². The highest BCUT2D eigenvalue weighted by Crippen LogP contribution is 2.12. The maximum Gasteiger partial charge on any atom is 0.0271 e. The molecule has 32 heavy (non-hydrogen) atoms. The van der Waals surface area contributed by atoms with Crippen LogP contribution in [0.5, 0.6) is 0 Å². The van der Waals surface area contributed by atoms with Gasteiger partial charge in [-0.15, -0.1) is 0 Å². The summed E-state index contributed by atoms with van der Waals surface area (Å²) < 4.78 is 0. The smallest absolute Gasteiger partial charge is 0.0271 e. The minimum absolute atomic E-state index is 0.878. The molecule has 0 radical (unpaired) electrons. The zero-order valence-corrected chi connectivity index (χ0v) is 18.2. The van der Waals surface area contributed by atoms with Gasteiger partial charge in [-0.3, -0.25) is 29.7 Å². The van der Waals surface area contributed by atoms with E-state index in [1.165, 1.54) is 22.3 Å². The van der Waals surface area contributed by atoms with Crippen molar-refractivity contribution in [1.29, 1.82) is 0 Å². The molecule has 0 atom stereocenters. The third-order valence-corrected chi connectivity index (χ3v) is 5.35. The Morgan fingerprint density at radius 3 is 0.812 bits per heavy atom. The van der Waals surface area contributed by atoms with E-state index < -0.39 is 0 Å². The molecule has 0 aliphatic rings. The zero-order valence-electron chi connectivity index (χ0n) is 18.2. The van der Waals surface area contributed by atoms with E-state index in [0.717, 1.165) is 39.3 Å². The lowest BCUT2D eigenvalue weighted by Gasteiger charge is -2.28. The lowest BCUT2D eigenvalue weighted by atomic mass is 10.2. The van der Waals surface area contributed by atoms with Crippen molar-refractivity contribution in [2.24, 2.45) is 0 Å². The first-order valence-electron chi connectivity index (χ1n) is 10.9. The van der Waals surface area contributed by atoms with Crippen molar-refractivity contribution < 1.29 is 0 Å². The summed E-state index contributed by atoms with van der Waals surface area (Å²) in [4.78, 5) is 21.6. The summed E-state index contributed by atoms with van der Waals surface area (Å²) in [5.74, 6) is 0. The third-order valence-electron chi connectivity index (χ3n) is 5.35.